The van der Waals surface area contributed by atoms with E-state index >= 15 is 0 Å². The smallest absolute Gasteiger partial charge is 0.196 e. The number of hydrogen-bond donors (Lipinski definition) is 3. The van der Waals surface area contributed by atoms with E-state index in [9.17, 15) is 19.2 Å². The summed E-state index contributed by atoms with van der Waals surface area (Å²) in [6.07, 6.45) is 1.51. The van der Waals surface area contributed by atoms with Crippen molar-refractivity contribution in [3.05, 3.63) is 141 Å². The molecule has 1 heterocycles. The van der Waals surface area contributed by atoms with E-state index in [4.69, 9.17) is 11.6 Å². The molecule has 0 saturated heterocycles. The molecule has 1 aliphatic heterocycles. The normalized spacial score (nSPS) is 15.1. The summed E-state index contributed by atoms with van der Waals surface area (Å²) >= 11 is 6.37. The number of fused-ring (bicyclic) bond motifs is 4. The summed E-state index contributed by atoms with van der Waals surface area (Å²) in [5, 5.41) is 8.92. The Labute approximate surface area is 238 Å². The first-order chi connectivity index (χ1) is 19.9. The summed E-state index contributed by atoms with van der Waals surface area (Å²) < 4.78 is 0. The van der Waals surface area contributed by atoms with Crippen LogP contribution in [0.2, 0.25) is 0 Å². The van der Waals surface area contributed by atoms with Crippen LogP contribution in [0.15, 0.2) is 101 Å². The highest BCUT2D eigenvalue weighted by Crippen LogP contribution is 2.34. The van der Waals surface area contributed by atoms with E-state index in [0.29, 0.717) is 33.6 Å². The highest BCUT2D eigenvalue weighted by Gasteiger charge is 2.33. The molecule has 198 valence electrons. The van der Waals surface area contributed by atoms with Gasteiger partial charge in [-0.3, -0.25) is 30.0 Å². The number of anilines is 2. The number of nitrogens with zero attached hydrogens (tertiary/aromatic N) is 2. The van der Waals surface area contributed by atoms with Crippen LogP contribution < -0.4 is 16.2 Å². The molecule has 7 rings (SSSR count). The van der Waals surface area contributed by atoms with Gasteiger partial charge in [0.05, 0.1) is 22.5 Å². The second-order valence-corrected chi connectivity index (χ2v) is 9.91. The third-order valence-electron chi connectivity index (χ3n) is 7.08. The molecule has 0 bridgehead atoms. The number of amidine groups is 1. The average molecular weight is 560 g/mol. The predicted molar refractivity (Wildman–Crippen MR) is 153 cm³/mol. The van der Waals surface area contributed by atoms with Crippen LogP contribution in [-0.4, -0.2) is 34.2 Å². The largest absolute Gasteiger partial charge is 0.338 e. The average Bonchev–Trinajstić information content (AvgIpc) is 2.98. The fraction of sp³-hybridized carbons (Fsp3) is 0. The predicted octanol–water partition coefficient (Wildman–Crippen LogP) is 4.89. The van der Waals surface area contributed by atoms with Crippen molar-refractivity contribution >= 4 is 51.9 Å². The third kappa shape index (κ3) is 3.90. The second-order valence-electron chi connectivity index (χ2n) is 9.50. The summed E-state index contributed by atoms with van der Waals surface area (Å²) in [4.78, 5) is 53.0. The number of carbonyl (C=O) groups is 4. The number of hydrazine groups is 2. The van der Waals surface area contributed by atoms with Gasteiger partial charge in [0.2, 0.25) is 0 Å². The highest BCUT2D eigenvalue weighted by molar-refractivity contribution is 6.33. The Morgan fingerprint density at radius 2 is 1.05 bits per heavy atom. The minimum Gasteiger partial charge on any atom is -0.338 e. The Morgan fingerprint density at radius 1 is 0.585 bits per heavy atom. The van der Waals surface area contributed by atoms with Crippen LogP contribution in [0.3, 0.4) is 0 Å². The maximum Gasteiger partial charge on any atom is 0.196 e. The van der Waals surface area contributed by atoms with E-state index in [0.717, 1.165) is 0 Å². The first-order valence-electron chi connectivity index (χ1n) is 12.6. The van der Waals surface area contributed by atoms with Gasteiger partial charge in [-0.05, 0) is 12.1 Å². The molecule has 0 saturated carbocycles. The molecule has 9 nitrogen and oxygen atoms in total. The van der Waals surface area contributed by atoms with Gasteiger partial charge >= 0.3 is 0 Å². The van der Waals surface area contributed by atoms with Crippen molar-refractivity contribution in [3.8, 4) is 0 Å². The Morgan fingerprint density at radius 3 is 1.61 bits per heavy atom. The van der Waals surface area contributed by atoms with Crippen molar-refractivity contribution < 1.29 is 19.2 Å². The van der Waals surface area contributed by atoms with Gasteiger partial charge in [-0.25, -0.2) is 0 Å². The molecule has 0 fully saturated rings. The van der Waals surface area contributed by atoms with E-state index in [2.05, 4.69) is 21.3 Å². The first-order valence-corrected chi connectivity index (χ1v) is 13.0. The monoisotopic (exact) mass is 559 g/mol. The zero-order chi connectivity index (χ0) is 28.2. The van der Waals surface area contributed by atoms with Crippen LogP contribution in [0.25, 0.3) is 0 Å². The lowest BCUT2D eigenvalue weighted by molar-refractivity contribution is 0.0979. The van der Waals surface area contributed by atoms with Crippen molar-refractivity contribution in [2.45, 2.75) is 0 Å². The van der Waals surface area contributed by atoms with E-state index in [1.165, 1.54) is 11.3 Å². The van der Waals surface area contributed by atoms with Gasteiger partial charge in [-0.1, -0.05) is 84.4 Å². The van der Waals surface area contributed by atoms with Gasteiger partial charge in [-0.2, -0.15) is 0 Å². The van der Waals surface area contributed by atoms with Crippen LogP contribution in [-0.2, 0) is 0 Å². The van der Waals surface area contributed by atoms with Crippen molar-refractivity contribution in [3.63, 3.8) is 0 Å². The van der Waals surface area contributed by atoms with Gasteiger partial charge in [0.15, 0.2) is 29.0 Å². The van der Waals surface area contributed by atoms with Gasteiger partial charge < -0.3 is 5.32 Å². The topological polar surface area (TPSA) is 120 Å². The van der Waals surface area contributed by atoms with Crippen molar-refractivity contribution in [1.82, 2.24) is 10.7 Å². The van der Waals surface area contributed by atoms with E-state index in [1.54, 1.807) is 84.9 Å². The standard InChI is InChI=1S/C31H18ClN5O4/c32-24-15-25(33-22-13-5-11-20-26(22)30(40)18-9-3-1-7-16(18)28(20)38)36-37(35-24)34-23-14-6-12-21-27(23)31(41)19-10-4-2-8-17(19)29(21)39/h1-15,34-35H,(H,33,36). The quantitative estimate of drug-likeness (QED) is 0.262. The molecule has 0 atom stereocenters. The summed E-state index contributed by atoms with van der Waals surface area (Å²) in [6.45, 7) is 0. The summed E-state index contributed by atoms with van der Waals surface area (Å²) in [5.41, 5.74) is 8.95. The molecule has 2 aliphatic carbocycles. The van der Waals surface area contributed by atoms with Gasteiger partial charge in [-0.15, -0.1) is 10.3 Å². The third-order valence-corrected chi connectivity index (χ3v) is 7.27. The number of carbonyl (C=O) groups excluding carboxylic acids is 4. The molecule has 4 aromatic carbocycles. The molecule has 3 N–H and O–H groups in total. The molecule has 0 unspecified atom stereocenters. The van der Waals surface area contributed by atoms with Crippen LogP contribution in [0.5, 0.6) is 0 Å². The lowest BCUT2D eigenvalue weighted by Crippen LogP contribution is -2.41. The van der Waals surface area contributed by atoms with E-state index in [-0.39, 0.29) is 56.4 Å². The van der Waals surface area contributed by atoms with E-state index in [1.807, 2.05) is 0 Å². The maximum absolute atomic E-state index is 13.4. The number of nitrogens with one attached hydrogen (secondary N) is 3. The Bertz CT molecular complexity index is 1930. The number of hydrogen-bond acceptors (Lipinski definition) is 9. The molecule has 0 radical (unpaired) electrons. The number of halogens is 1. The Kier molecular flexibility index (Phi) is 5.55. The fourth-order valence-electron chi connectivity index (χ4n) is 5.27. The summed E-state index contributed by atoms with van der Waals surface area (Å²) in [6, 6.07) is 23.3. The number of ketones is 4. The van der Waals surface area contributed by atoms with Crippen molar-refractivity contribution in [2.75, 3.05) is 10.7 Å². The minimum absolute atomic E-state index is 0.171. The van der Waals surface area contributed by atoms with Gasteiger partial charge in [0, 0.05) is 39.5 Å². The molecular formula is C31H18ClN5O4. The number of benzene rings is 4. The van der Waals surface area contributed by atoms with Crippen LogP contribution in [0.4, 0.5) is 11.4 Å². The molecular weight excluding hydrogens is 542 g/mol. The van der Waals surface area contributed by atoms with Gasteiger partial charge in [0.1, 0.15) is 5.16 Å². The minimum atomic E-state index is -0.293. The SMILES string of the molecule is O=C1c2ccccc2C(=O)c2c(NC3=NN(Nc4cccc5c4C(=O)c4ccccc4C5=O)NC(Cl)=C3)cccc21. The first kappa shape index (κ1) is 24.5. The molecule has 0 aromatic heterocycles. The fourth-order valence-corrected chi connectivity index (χ4v) is 5.45. The van der Waals surface area contributed by atoms with Crippen LogP contribution in [0, 0.1) is 0 Å². The lowest BCUT2D eigenvalue weighted by Gasteiger charge is -2.28. The molecule has 0 spiro atoms. The number of hydrazone groups is 1. The Hall–Kier alpha value is -5.54. The zero-order valence-electron chi connectivity index (χ0n) is 21.1. The highest BCUT2D eigenvalue weighted by atomic mass is 35.5. The van der Waals surface area contributed by atoms with Crippen molar-refractivity contribution in [2.24, 2.45) is 5.10 Å². The summed E-state index contributed by atoms with van der Waals surface area (Å²) in [7, 11) is 0. The molecule has 10 heteroatoms. The van der Waals surface area contributed by atoms with E-state index < -0.39 is 0 Å². The zero-order valence-corrected chi connectivity index (χ0v) is 21.8. The second kappa shape index (κ2) is 9.29. The molecule has 4 aromatic rings. The van der Waals surface area contributed by atoms with Crippen LogP contribution in [0.1, 0.15) is 63.7 Å². The molecule has 41 heavy (non-hydrogen) atoms. The van der Waals surface area contributed by atoms with Crippen LogP contribution >= 0.6 is 11.6 Å². The van der Waals surface area contributed by atoms with Gasteiger partial charge in [0.25, 0.3) is 0 Å². The summed E-state index contributed by atoms with van der Waals surface area (Å²) in [5.74, 6) is -0.816. The number of rotatable bonds is 3. The lowest BCUT2D eigenvalue weighted by atomic mass is 9.83. The molecule has 0 amide bonds. The molecule has 3 aliphatic rings. The maximum atomic E-state index is 13.4. The Balaban J connectivity index is 1.21. The van der Waals surface area contributed by atoms with Crippen molar-refractivity contribution in [1.29, 1.82) is 0 Å².